The van der Waals surface area contributed by atoms with Crippen molar-refractivity contribution in [3.8, 4) is 17.1 Å². The Bertz CT molecular complexity index is 910. The van der Waals surface area contributed by atoms with Crippen molar-refractivity contribution in [1.29, 1.82) is 0 Å². The fourth-order valence-corrected chi connectivity index (χ4v) is 4.11. The minimum atomic E-state index is 0.141. The summed E-state index contributed by atoms with van der Waals surface area (Å²) in [6, 6.07) is 15.7. The summed E-state index contributed by atoms with van der Waals surface area (Å²) >= 11 is 7.96. The van der Waals surface area contributed by atoms with Gasteiger partial charge >= 0.3 is 0 Å². The number of aromatic nitrogens is 3. The van der Waals surface area contributed by atoms with Crippen molar-refractivity contribution in [2.75, 3.05) is 7.11 Å². The molecule has 0 aliphatic carbocycles. The fourth-order valence-electron chi connectivity index (χ4n) is 2.72. The predicted octanol–water partition coefficient (Wildman–Crippen LogP) is 5.65. The van der Waals surface area contributed by atoms with Crippen LogP contribution >= 0.6 is 23.4 Å². The molecule has 3 aromatic rings. The molecule has 0 saturated heterocycles. The number of halogens is 1. The zero-order valence-corrected chi connectivity index (χ0v) is 16.3. The SMILES string of the molecule is C=CCn1c(S[C@H](C)c2ccccc2Cl)nnc1-c1ccccc1OC. The number of hydrogen-bond acceptors (Lipinski definition) is 4. The van der Waals surface area contributed by atoms with Gasteiger partial charge in [-0.15, -0.1) is 16.8 Å². The average molecular weight is 386 g/mol. The van der Waals surface area contributed by atoms with E-state index in [0.29, 0.717) is 6.54 Å². The maximum Gasteiger partial charge on any atom is 0.192 e. The van der Waals surface area contributed by atoms with Crippen LogP contribution < -0.4 is 4.74 Å². The summed E-state index contributed by atoms with van der Waals surface area (Å²) in [6.07, 6.45) is 1.84. The molecule has 0 aliphatic rings. The van der Waals surface area contributed by atoms with Crippen molar-refractivity contribution in [3.63, 3.8) is 0 Å². The maximum atomic E-state index is 6.34. The molecule has 3 rings (SSSR count). The quantitative estimate of drug-likeness (QED) is 0.389. The van der Waals surface area contributed by atoms with E-state index in [9.17, 15) is 0 Å². The second kappa shape index (κ2) is 8.43. The topological polar surface area (TPSA) is 39.9 Å². The second-order valence-corrected chi connectivity index (χ2v) is 7.40. The lowest BCUT2D eigenvalue weighted by molar-refractivity contribution is 0.416. The van der Waals surface area contributed by atoms with E-state index in [4.69, 9.17) is 16.3 Å². The molecule has 2 aromatic carbocycles. The van der Waals surface area contributed by atoms with Gasteiger partial charge in [0.15, 0.2) is 11.0 Å². The molecule has 0 aliphatic heterocycles. The first-order chi connectivity index (χ1) is 12.7. The van der Waals surface area contributed by atoms with Crippen LogP contribution in [0.2, 0.25) is 5.02 Å². The standard InChI is InChI=1S/C20H20ClN3OS/c1-4-13-24-19(16-10-6-8-12-18(16)25-3)22-23-20(24)26-14(2)15-9-5-7-11-17(15)21/h4-12,14H,1,13H2,2-3H3/t14-/m1/s1. The van der Waals surface area contributed by atoms with Gasteiger partial charge in [-0.3, -0.25) is 4.57 Å². The first-order valence-corrected chi connectivity index (χ1v) is 9.50. The van der Waals surface area contributed by atoms with Crippen LogP contribution in [0.1, 0.15) is 17.7 Å². The van der Waals surface area contributed by atoms with E-state index >= 15 is 0 Å². The average Bonchev–Trinajstić information content (AvgIpc) is 3.04. The smallest absolute Gasteiger partial charge is 0.192 e. The Morgan fingerprint density at radius 1 is 1.19 bits per heavy atom. The first-order valence-electron chi connectivity index (χ1n) is 8.24. The Balaban J connectivity index is 1.97. The van der Waals surface area contributed by atoms with Crippen LogP contribution in [0.25, 0.3) is 11.4 Å². The molecular formula is C20H20ClN3OS. The number of nitrogens with zero attached hydrogens (tertiary/aromatic N) is 3. The Morgan fingerprint density at radius 2 is 1.92 bits per heavy atom. The van der Waals surface area contributed by atoms with Crippen LogP contribution in [0.3, 0.4) is 0 Å². The molecule has 1 atom stereocenters. The Morgan fingerprint density at radius 3 is 2.65 bits per heavy atom. The van der Waals surface area contributed by atoms with E-state index < -0.39 is 0 Å². The number of benzene rings is 2. The highest BCUT2D eigenvalue weighted by molar-refractivity contribution is 7.99. The van der Waals surface area contributed by atoms with Crippen LogP contribution in [0.4, 0.5) is 0 Å². The maximum absolute atomic E-state index is 6.34. The summed E-state index contributed by atoms with van der Waals surface area (Å²) in [6.45, 7) is 6.59. The summed E-state index contributed by atoms with van der Waals surface area (Å²) in [7, 11) is 1.65. The number of ether oxygens (including phenoxy) is 1. The molecule has 0 spiro atoms. The second-order valence-electron chi connectivity index (χ2n) is 5.69. The molecule has 6 heteroatoms. The summed E-state index contributed by atoms with van der Waals surface area (Å²) < 4.78 is 7.52. The highest BCUT2D eigenvalue weighted by Crippen LogP contribution is 2.39. The zero-order chi connectivity index (χ0) is 18.5. The third kappa shape index (κ3) is 3.79. The first kappa shape index (κ1) is 18.5. The minimum absolute atomic E-state index is 0.141. The summed E-state index contributed by atoms with van der Waals surface area (Å²) in [5, 5.41) is 10.5. The van der Waals surface area contributed by atoms with Gasteiger partial charge in [-0.25, -0.2) is 0 Å². The van der Waals surface area contributed by atoms with Gasteiger partial charge in [0.2, 0.25) is 0 Å². The van der Waals surface area contributed by atoms with E-state index in [1.165, 1.54) is 0 Å². The molecule has 0 fully saturated rings. The van der Waals surface area contributed by atoms with Crippen LogP contribution in [0, 0.1) is 0 Å². The van der Waals surface area contributed by atoms with Gasteiger partial charge in [0.25, 0.3) is 0 Å². The fraction of sp³-hybridized carbons (Fsp3) is 0.200. The molecule has 0 radical (unpaired) electrons. The molecule has 0 N–H and O–H groups in total. The summed E-state index contributed by atoms with van der Waals surface area (Å²) in [4.78, 5) is 0. The molecule has 0 amide bonds. The lowest BCUT2D eigenvalue weighted by Gasteiger charge is -2.14. The van der Waals surface area contributed by atoms with E-state index in [0.717, 1.165) is 32.9 Å². The van der Waals surface area contributed by atoms with Gasteiger partial charge in [0.05, 0.1) is 12.7 Å². The lowest BCUT2D eigenvalue weighted by atomic mass is 10.2. The minimum Gasteiger partial charge on any atom is -0.496 e. The number of para-hydroxylation sites is 1. The number of methoxy groups -OCH3 is 1. The van der Waals surface area contributed by atoms with Crippen molar-refractivity contribution in [3.05, 3.63) is 71.8 Å². The third-order valence-electron chi connectivity index (χ3n) is 4.00. The molecule has 0 saturated carbocycles. The highest BCUT2D eigenvalue weighted by Gasteiger charge is 2.20. The highest BCUT2D eigenvalue weighted by atomic mass is 35.5. The number of thioether (sulfide) groups is 1. The van der Waals surface area contributed by atoms with Crippen molar-refractivity contribution >= 4 is 23.4 Å². The molecule has 1 heterocycles. The van der Waals surface area contributed by atoms with E-state index in [-0.39, 0.29) is 5.25 Å². The van der Waals surface area contributed by atoms with Gasteiger partial charge in [-0.2, -0.15) is 0 Å². The molecule has 1 aromatic heterocycles. The molecule has 26 heavy (non-hydrogen) atoms. The van der Waals surface area contributed by atoms with E-state index in [1.54, 1.807) is 18.9 Å². The van der Waals surface area contributed by atoms with E-state index in [2.05, 4.69) is 23.7 Å². The predicted molar refractivity (Wildman–Crippen MR) is 108 cm³/mol. The van der Waals surface area contributed by atoms with Gasteiger partial charge in [0, 0.05) is 16.8 Å². The van der Waals surface area contributed by atoms with Crippen molar-refractivity contribution in [2.24, 2.45) is 0 Å². The van der Waals surface area contributed by atoms with Crippen LogP contribution in [-0.4, -0.2) is 21.9 Å². The molecule has 0 bridgehead atoms. The van der Waals surface area contributed by atoms with Gasteiger partial charge in [-0.05, 0) is 30.7 Å². The van der Waals surface area contributed by atoms with Crippen LogP contribution in [0.5, 0.6) is 5.75 Å². The van der Waals surface area contributed by atoms with Gasteiger partial charge in [-0.1, -0.05) is 59.8 Å². The zero-order valence-electron chi connectivity index (χ0n) is 14.7. The number of allylic oxidation sites excluding steroid dienone is 1. The molecule has 4 nitrogen and oxygen atoms in total. The number of hydrogen-bond donors (Lipinski definition) is 0. The molecule has 134 valence electrons. The van der Waals surface area contributed by atoms with Gasteiger partial charge in [0.1, 0.15) is 5.75 Å². The number of rotatable bonds is 7. The lowest BCUT2D eigenvalue weighted by Crippen LogP contribution is -2.02. The van der Waals surface area contributed by atoms with Crippen molar-refractivity contribution in [2.45, 2.75) is 23.9 Å². The Kier molecular flexibility index (Phi) is 6.01. The van der Waals surface area contributed by atoms with E-state index in [1.807, 2.05) is 59.2 Å². The molecular weight excluding hydrogens is 366 g/mol. The Hall–Kier alpha value is -2.24. The molecule has 0 unspecified atom stereocenters. The largest absolute Gasteiger partial charge is 0.496 e. The van der Waals surface area contributed by atoms with Gasteiger partial charge < -0.3 is 4.74 Å². The van der Waals surface area contributed by atoms with Crippen LogP contribution in [-0.2, 0) is 6.54 Å². The summed E-state index contributed by atoms with van der Waals surface area (Å²) in [5.41, 5.74) is 1.98. The van der Waals surface area contributed by atoms with Crippen molar-refractivity contribution < 1.29 is 4.74 Å². The monoisotopic (exact) mass is 385 g/mol. The normalized spacial score (nSPS) is 12.0. The summed E-state index contributed by atoms with van der Waals surface area (Å²) in [5.74, 6) is 1.53. The van der Waals surface area contributed by atoms with Crippen molar-refractivity contribution in [1.82, 2.24) is 14.8 Å². The Labute approximate surface area is 162 Å². The third-order valence-corrected chi connectivity index (χ3v) is 5.47. The van der Waals surface area contributed by atoms with Crippen LogP contribution in [0.15, 0.2) is 66.3 Å².